The first-order valence-corrected chi connectivity index (χ1v) is 11.0. The summed E-state index contributed by atoms with van der Waals surface area (Å²) in [6.07, 6.45) is 3.26. The molecular formula is C18H15Br2NO3S. The summed E-state index contributed by atoms with van der Waals surface area (Å²) < 4.78 is 29.1. The molecule has 0 unspecified atom stereocenters. The molecule has 1 amide bonds. The molecule has 130 valence electrons. The smallest absolute Gasteiger partial charge is 0.270 e. The van der Waals surface area contributed by atoms with Crippen LogP contribution in [0, 0.1) is 0 Å². The van der Waals surface area contributed by atoms with Crippen LogP contribution < -0.4 is 4.31 Å². The molecular weight excluding hydrogens is 470 g/mol. The minimum Gasteiger partial charge on any atom is -0.272 e. The van der Waals surface area contributed by atoms with Gasteiger partial charge in [-0.15, -0.1) is 0 Å². The van der Waals surface area contributed by atoms with Gasteiger partial charge >= 0.3 is 0 Å². The highest BCUT2D eigenvalue weighted by Gasteiger charge is 2.55. The summed E-state index contributed by atoms with van der Waals surface area (Å²) in [6, 6.07) is 11.8. The zero-order valence-electron chi connectivity index (χ0n) is 13.2. The van der Waals surface area contributed by atoms with Crippen molar-refractivity contribution >= 4 is 53.5 Å². The van der Waals surface area contributed by atoms with Gasteiger partial charge in [-0.2, -0.15) is 0 Å². The van der Waals surface area contributed by atoms with Crippen molar-refractivity contribution < 1.29 is 13.2 Å². The van der Waals surface area contributed by atoms with E-state index in [0.717, 1.165) is 31.7 Å². The number of carbonyl (C=O) groups excluding carboxylic acids is 1. The first-order chi connectivity index (χ1) is 11.9. The lowest BCUT2D eigenvalue weighted by molar-refractivity contribution is -0.121. The highest BCUT2D eigenvalue weighted by Crippen LogP contribution is 2.53. The molecule has 2 aromatic rings. The summed E-state index contributed by atoms with van der Waals surface area (Å²) in [6.45, 7) is 0. The topological polar surface area (TPSA) is 54.5 Å². The number of halogens is 2. The van der Waals surface area contributed by atoms with E-state index >= 15 is 0 Å². The second-order valence-electron chi connectivity index (χ2n) is 6.48. The fourth-order valence-electron chi connectivity index (χ4n) is 3.90. The van der Waals surface area contributed by atoms with E-state index in [9.17, 15) is 13.2 Å². The van der Waals surface area contributed by atoms with Crippen LogP contribution in [0.5, 0.6) is 0 Å². The van der Waals surface area contributed by atoms with Crippen LogP contribution in [0.3, 0.4) is 0 Å². The van der Waals surface area contributed by atoms with Crippen molar-refractivity contribution in [1.29, 1.82) is 0 Å². The molecule has 0 aromatic heterocycles. The molecule has 0 saturated heterocycles. The number of amides is 1. The van der Waals surface area contributed by atoms with Crippen molar-refractivity contribution in [2.24, 2.45) is 0 Å². The van der Waals surface area contributed by atoms with E-state index < -0.39 is 15.4 Å². The molecule has 2 aromatic carbocycles. The Kier molecular flexibility index (Phi) is 4.09. The summed E-state index contributed by atoms with van der Waals surface area (Å²) in [5, 5.41) is 0. The third-order valence-corrected chi connectivity index (χ3v) is 7.83. The van der Waals surface area contributed by atoms with E-state index in [0.29, 0.717) is 18.5 Å². The van der Waals surface area contributed by atoms with Crippen molar-refractivity contribution in [3.05, 3.63) is 57.0 Å². The van der Waals surface area contributed by atoms with Crippen LogP contribution in [0.15, 0.2) is 56.3 Å². The molecule has 0 atom stereocenters. The van der Waals surface area contributed by atoms with E-state index in [1.807, 2.05) is 6.07 Å². The van der Waals surface area contributed by atoms with Gasteiger partial charge in [-0.1, -0.05) is 44.7 Å². The lowest BCUT2D eigenvalue weighted by Gasteiger charge is -2.23. The highest BCUT2D eigenvalue weighted by atomic mass is 79.9. The maximum atomic E-state index is 13.3. The van der Waals surface area contributed by atoms with E-state index in [1.165, 1.54) is 12.1 Å². The molecule has 1 heterocycles. The largest absolute Gasteiger partial charge is 0.272 e. The first-order valence-electron chi connectivity index (χ1n) is 8.02. The zero-order valence-corrected chi connectivity index (χ0v) is 17.2. The second kappa shape index (κ2) is 5.93. The minimum atomic E-state index is -3.95. The van der Waals surface area contributed by atoms with Crippen LogP contribution in [0.25, 0.3) is 0 Å². The van der Waals surface area contributed by atoms with Crippen LogP contribution >= 0.6 is 31.9 Å². The van der Waals surface area contributed by atoms with Crippen LogP contribution in [0.1, 0.15) is 31.2 Å². The minimum absolute atomic E-state index is 0.118. The Morgan fingerprint density at radius 1 is 0.920 bits per heavy atom. The van der Waals surface area contributed by atoms with Crippen molar-refractivity contribution in [3.63, 3.8) is 0 Å². The van der Waals surface area contributed by atoms with Crippen molar-refractivity contribution in [1.82, 2.24) is 0 Å². The number of sulfonamides is 1. The number of fused-ring (bicyclic) bond motifs is 2. The molecule has 1 aliphatic carbocycles. The molecule has 1 aliphatic heterocycles. The zero-order chi connectivity index (χ0) is 17.8. The molecule has 0 bridgehead atoms. The van der Waals surface area contributed by atoms with Gasteiger partial charge in [0.05, 0.1) is 16.0 Å². The van der Waals surface area contributed by atoms with Gasteiger partial charge in [0.1, 0.15) is 0 Å². The van der Waals surface area contributed by atoms with Crippen molar-refractivity contribution in [2.75, 3.05) is 4.31 Å². The van der Waals surface area contributed by atoms with Crippen LogP contribution in [0.4, 0.5) is 5.69 Å². The van der Waals surface area contributed by atoms with E-state index in [4.69, 9.17) is 0 Å². The fourth-order valence-corrected chi connectivity index (χ4v) is 6.03. The summed E-state index contributed by atoms with van der Waals surface area (Å²) in [7, 11) is -3.95. The second-order valence-corrected chi connectivity index (χ2v) is 10.1. The van der Waals surface area contributed by atoms with E-state index in [2.05, 4.69) is 31.9 Å². The normalized spacial score (nSPS) is 18.8. The van der Waals surface area contributed by atoms with Gasteiger partial charge < -0.3 is 0 Å². The standard InChI is InChI=1S/C18H15Br2NO3S/c19-12-3-6-14(7-4-12)25(23,24)21-16-8-5-13(20)11-15(16)18(17(21)22)9-1-2-10-18/h3-8,11H,1-2,9-10H2. The van der Waals surface area contributed by atoms with Gasteiger partial charge in [0.2, 0.25) is 0 Å². The van der Waals surface area contributed by atoms with Gasteiger partial charge in [0, 0.05) is 8.95 Å². The fraction of sp³-hybridized carbons (Fsp3) is 0.278. The van der Waals surface area contributed by atoms with Gasteiger partial charge in [0.25, 0.3) is 15.9 Å². The third-order valence-electron chi connectivity index (χ3n) is 5.10. The van der Waals surface area contributed by atoms with Crippen molar-refractivity contribution in [2.45, 2.75) is 36.0 Å². The van der Waals surface area contributed by atoms with Gasteiger partial charge in [-0.3, -0.25) is 4.79 Å². The van der Waals surface area contributed by atoms with Crippen LogP contribution in [-0.2, 0) is 20.2 Å². The number of benzene rings is 2. The Bertz CT molecular complexity index is 964. The number of hydrogen-bond acceptors (Lipinski definition) is 3. The molecule has 0 N–H and O–H groups in total. The Morgan fingerprint density at radius 3 is 2.16 bits per heavy atom. The summed E-state index contributed by atoms with van der Waals surface area (Å²) in [4.78, 5) is 13.4. The predicted molar refractivity (Wildman–Crippen MR) is 103 cm³/mol. The Labute approximate surface area is 163 Å². The number of nitrogens with zero attached hydrogens (tertiary/aromatic N) is 1. The average Bonchev–Trinajstić information content (AvgIpc) is 3.15. The maximum Gasteiger partial charge on any atom is 0.270 e. The molecule has 4 nitrogen and oxygen atoms in total. The third kappa shape index (κ3) is 2.51. The maximum absolute atomic E-state index is 13.3. The van der Waals surface area contributed by atoms with Crippen LogP contribution in [-0.4, -0.2) is 14.3 Å². The molecule has 1 saturated carbocycles. The number of anilines is 1. The molecule has 1 spiro atoms. The van der Waals surface area contributed by atoms with Gasteiger partial charge in [0.15, 0.2) is 0 Å². The highest BCUT2D eigenvalue weighted by molar-refractivity contribution is 9.10. The lowest BCUT2D eigenvalue weighted by atomic mass is 9.80. The summed E-state index contributed by atoms with van der Waals surface area (Å²) >= 11 is 6.76. The summed E-state index contributed by atoms with van der Waals surface area (Å²) in [5.74, 6) is -0.319. The van der Waals surface area contributed by atoms with Gasteiger partial charge in [-0.25, -0.2) is 12.7 Å². The number of carbonyl (C=O) groups is 1. The molecule has 0 radical (unpaired) electrons. The van der Waals surface area contributed by atoms with Gasteiger partial charge in [-0.05, 0) is 60.9 Å². The monoisotopic (exact) mass is 483 g/mol. The molecule has 2 aliphatic rings. The van der Waals surface area contributed by atoms with Crippen molar-refractivity contribution in [3.8, 4) is 0 Å². The Balaban J connectivity index is 1.91. The van der Waals surface area contributed by atoms with Crippen LogP contribution in [0.2, 0.25) is 0 Å². The molecule has 25 heavy (non-hydrogen) atoms. The van der Waals surface area contributed by atoms with E-state index in [-0.39, 0.29) is 10.8 Å². The first kappa shape index (κ1) is 17.2. The van der Waals surface area contributed by atoms with E-state index in [1.54, 1.807) is 24.3 Å². The molecule has 7 heteroatoms. The Hall–Kier alpha value is -1.18. The number of hydrogen-bond donors (Lipinski definition) is 0. The molecule has 4 rings (SSSR count). The number of rotatable bonds is 2. The quantitative estimate of drug-likeness (QED) is 0.617. The lowest BCUT2D eigenvalue weighted by Crippen LogP contribution is -2.41. The predicted octanol–water partition coefficient (Wildman–Crippen LogP) is 4.76. The molecule has 1 fully saturated rings. The average molecular weight is 485 g/mol. The summed E-state index contributed by atoms with van der Waals surface area (Å²) in [5.41, 5.74) is 0.602. The Morgan fingerprint density at radius 2 is 1.52 bits per heavy atom. The SMILES string of the molecule is O=C1N(S(=O)(=O)c2ccc(Br)cc2)c2ccc(Br)cc2C12CCCC2.